The lowest BCUT2D eigenvalue weighted by molar-refractivity contribution is -0.124. The number of halogens is 1. The molecule has 2 aromatic heterocycles. The maximum Gasteiger partial charge on any atom is 0.243 e. The highest BCUT2D eigenvalue weighted by Crippen LogP contribution is 2.21. The monoisotopic (exact) mass is 308 g/mol. The van der Waals surface area contributed by atoms with Crippen molar-refractivity contribution in [2.45, 2.75) is 46.2 Å². The third-order valence-electron chi connectivity index (χ3n) is 3.27. The molecule has 0 aromatic carbocycles. The van der Waals surface area contributed by atoms with Gasteiger partial charge in [-0.2, -0.15) is 0 Å². The van der Waals surface area contributed by atoms with Crippen molar-refractivity contribution in [1.82, 2.24) is 19.9 Å². The van der Waals surface area contributed by atoms with Crippen molar-refractivity contribution in [3.8, 4) is 0 Å². The predicted octanol–water partition coefficient (Wildman–Crippen LogP) is 2.61. The van der Waals surface area contributed by atoms with Crippen LogP contribution in [-0.2, 0) is 11.2 Å². The summed E-state index contributed by atoms with van der Waals surface area (Å²) in [5.41, 5.74) is 2.43. The highest BCUT2D eigenvalue weighted by atomic mass is 35.5. The van der Waals surface area contributed by atoms with Crippen molar-refractivity contribution in [2.75, 3.05) is 5.88 Å². The van der Waals surface area contributed by atoms with E-state index in [1.807, 2.05) is 44.4 Å². The molecule has 2 heterocycles. The molecule has 6 heteroatoms. The minimum Gasteiger partial charge on any atom is -0.352 e. The number of imidazole rings is 1. The zero-order valence-corrected chi connectivity index (χ0v) is 13.6. The average molecular weight is 309 g/mol. The number of aryl methyl sites for hydroxylation is 2. The SMILES string of the molecule is Cc1ccc2nc(CCCl)n(C(C)C(=O)NC(C)C)c2n1. The number of pyridine rings is 1. The van der Waals surface area contributed by atoms with Crippen LogP contribution in [0.4, 0.5) is 0 Å². The van der Waals surface area contributed by atoms with E-state index in [4.69, 9.17) is 11.6 Å². The summed E-state index contributed by atoms with van der Waals surface area (Å²) < 4.78 is 1.89. The molecule has 1 amide bonds. The molecule has 0 saturated carbocycles. The van der Waals surface area contributed by atoms with Crippen molar-refractivity contribution in [3.63, 3.8) is 0 Å². The summed E-state index contributed by atoms with van der Waals surface area (Å²) in [6, 6.07) is 3.58. The lowest BCUT2D eigenvalue weighted by Crippen LogP contribution is -2.36. The van der Waals surface area contributed by atoms with Gasteiger partial charge in [-0.15, -0.1) is 11.6 Å². The molecule has 0 radical (unpaired) electrons. The molecule has 0 bridgehead atoms. The van der Waals surface area contributed by atoms with Crippen molar-refractivity contribution in [3.05, 3.63) is 23.7 Å². The summed E-state index contributed by atoms with van der Waals surface area (Å²) in [6.07, 6.45) is 0.607. The second-order valence-electron chi connectivity index (χ2n) is 5.47. The molecular weight excluding hydrogens is 288 g/mol. The van der Waals surface area contributed by atoms with Crippen LogP contribution < -0.4 is 5.32 Å². The normalized spacial score (nSPS) is 12.9. The Morgan fingerprint density at radius 3 is 2.67 bits per heavy atom. The van der Waals surface area contributed by atoms with E-state index in [-0.39, 0.29) is 18.0 Å². The average Bonchev–Trinajstić information content (AvgIpc) is 2.74. The molecule has 5 nitrogen and oxygen atoms in total. The Hall–Kier alpha value is -1.62. The van der Waals surface area contributed by atoms with Gasteiger partial charge >= 0.3 is 0 Å². The van der Waals surface area contributed by atoms with Gasteiger partial charge in [-0.05, 0) is 39.8 Å². The van der Waals surface area contributed by atoms with Crippen LogP contribution in [0.5, 0.6) is 0 Å². The third kappa shape index (κ3) is 3.35. The number of fused-ring (bicyclic) bond motifs is 1. The summed E-state index contributed by atoms with van der Waals surface area (Å²) in [4.78, 5) is 21.4. The number of aromatic nitrogens is 3. The highest BCUT2D eigenvalue weighted by molar-refractivity contribution is 6.17. The number of amides is 1. The number of rotatable bonds is 5. The largest absolute Gasteiger partial charge is 0.352 e. The van der Waals surface area contributed by atoms with E-state index in [9.17, 15) is 4.79 Å². The van der Waals surface area contributed by atoms with E-state index in [1.165, 1.54) is 0 Å². The fourth-order valence-electron chi connectivity index (χ4n) is 2.31. The van der Waals surface area contributed by atoms with E-state index in [2.05, 4.69) is 15.3 Å². The van der Waals surface area contributed by atoms with Crippen molar-refractivity contribution >= 4 is 28.7 Å². The van der Waals surface area contributed by atoms with E-state index in [0.717, 1.165) is 22.7 Å². The van der Waals surface area contributed by atoms with Gasteiger partial charge in [0.2, 0.25) is 5.91 Å². The second-order valence-corrected chi connectivity index (χ2v) is 5.85. The Labute approximate surface area is 129 Å². The first-order valence-corrected chi connectivity index (χ1v) is 7.68. The van der Waals surface area contributed by atoms with E-state index >= 15 is 0 Å². The van der Waals surface area contributed by atoms with Gasteiger partial charge in [0.15, 0.2) is 5.65 Å². The predicted molar refractivity (Wildman–Crippen MR) is 84.7 cm³/mol. The second kappa shape index (κ2) is 6.43. The number of nitrogens with zero attached hydrogens (tertiary/aromatic N) is 3. The maximum absolute atomic E-state index is 12.3. The molecule has 0 saturated heterocycles. The Morgan fingerprint density at radius 1 is 1.33 bits per heavy atom. The number of carbonyl (C=O) groups is 1. The minimum absolute atomic E-state index is 0.0385. The van der Waals surface area contributed by atoms with Crippen LogP contribution in [0.1, 0.15) is 38.3 Å². The van der Waals surface area contributed by atoms with Gasteiger partial charge in [-0.1, -0.05) is 0 Å². The molecule has 2 aromatic rings. The van der Waals surface area contributed by atoms with Gasteiger partial charge in [0.05, 0.1) is 0 Å². The van der Waals surface area contributed by atoms with Crippen LogP contribution in [0.25, 0.3) is 11.2 Å². The fraction of sp³-hybridized carbons (Fsp3) is 0.533. The van der Waals surface area contributed by atoms with Crippen molar-refractivity contribution in [1.29, 1.82) is 0 Å². The zero-order chi connectivity index (χ0) is 15.6. The maximum atomic E-state index is 12.3. The lowest BCUT2D eigenvalue weighted by Gasteiger charge is -2.18. The van der Waals surface area contributed by atoms with Crippen LogP contribution in [0.3, 0.4) is 0 Å². The number of carbonyl (C=O) groups excluding carboxylic acids is 1. The summed E-state index contributed by atoms with van der Waals surface area (Å²) >= 11 is 5.86. The molecule has 1 N–H and O–H groups in total. The van der Waals surface area contributed by atoms with Crippen LogP contribution in [0.2, 0.25) is 0 Å². The molecule has 0 aliphatic carbocycles. The molecule has 114 valence electrons. The highest BCUT2D eigenvalue weighted by Gasteiger charge is 2.22. The van der Waals surface area contributed by atoms with Crippen LogP contribution >= 0.6 is 11.6 Å². The molecule has 0 spiro atoms. The van der Waals surface area contributed by atoms with Crippen LogP contribution in [-0.4, -0.2) is 32.4 Å². The van der Waals surface area contributed by atoms with Crippen LogP contribution in [0.15, 0.2) is 12.1 Å². The molecular formula is C15H21ClN4O. The first-order valence-electron chi connectivity index (χ1n) is 7.14. The zero-order valence-electron chi connectivity index (χ0n) is 12.9. The Kier molecular flexibility index (Phi) is 4.83. The van der Waals surface area contributed by atoms with Crippen molar-refractivity contribution in [2.24, 2.45) is 0 Å². The Bertz CT molecular complexity index is 650. The standard InChI is InChI=1S/C15H21ClN4O/c1-9(2)17-15(21)11(4)20-13(7-8-16)19-12-6-5-10(3)18-14(12)20/h5-6,9,11H,7-8H2,1-4H3,(H,17,21). The first-order chi connectivity index (χ1) is 9.93. The number of nitrogens with one attached hydrogen (secondary N) is 1. The molecule has 2 rings (SSSR count). The fourth-order valence-corrected chi connectivity index (χ4v) is 2.47. The Morgan fingerprint density at radius 2 is 2.05 bits per heavy atom. The number of hydrogen-bond donors (Lipinski definition) is 1. The molecule has 0 aliphatic rings. The summed E-state index contributed by atoms with van der Waals surface area (Å²) in [6.45, 7) is 7.68. The van der Waals surface area contributed by atoms with Gasteiger partial charge in [0.25, 0.3) is 0 Å². The summed E-state index contributed by atoms with van der Waals surface area (Å²) in [7, 11) is 0. The van der Waals surface area contributed by atoms with E-state index in [0.29, 0.717) is 12.3 Å². The van der Waals surface area contributed by atoms with Crippen molar-refractivity contribution < 1.29 is 4.79 Å². The summed E-state index contributed by atoms with van der Waals surface area (Å²) in [5.74, 6) is 1.22. The molecule has 1 unspecified atom stereocenters. The molecule has 1 atom stereocenters. The van der Waals surface area contributed by atoms with Gasteiger partial charge in [0, 0.05) is 24.0 Å². The minimum atomic E-state index is -0.370. The molecule has 0 fully saturated rings. The smallest absolute Gasteiger partial charge is 0.243 e. The van der Waals surface area contributed by atoms with E-state index < -0.39 is 0 Å². The molecule has 0 aliphatic heterocycles. The first kappa shape index (κ1) is 15.8. The number of hydrogen-bond acceptors (Lipinski definition) is 3. The third-order valence-corrected chi connectivity index (χ3v) is 3.45. The van der Waals surface area contributed by atoms with Gasteiger partial charge in [-0.3, -0.25) is 4.79 Å². The van der Waals surface area contributed by atoms with Crippen LogP contribution in [0, 0.1) is 6.92 Å². The quantitative estimate of drug-likeness (QED) is 0.864. The van der Waals surface area contributed by atoms with E-state index in [1.54, 1.807) is 0 Å². The van der Waals surface area contributed by atoms with Gasteiger partial charge in [-0.25, -0.2) is 9.97 Å². The van der Waals surface area contributed by atoms with Gasteiger partial charge < -0.3 is 9.88 Å². The topological polar surface area (TPSA) is 59.8 Å². The lowest BCUT2D eigenvalue weighted by atomic mass is 10.2. The van der Waals surface area contributed by atoms with Gasteiger partial charge in [0.1, 0.15) is 17.4 Å². The molecule has 21 heavy (non-hydrogen) atoms. The number of alkyl halides is 1. The summed E-state index contributed by atoms with van der Waals surface area (Å²) in [5, 5.41) is 2.93. The Balaban J connectivity index is 2.50.